The van der Waals surface area contributed by atoms with Gasteiger partial charge in [-0.15, -0.1) is 0 Å². The molecule has 0 bridgehead atoms. The van der Waals surface area contributed by atoms with Crippen molar-refractivity contribution in [2.24, 2.45) is 0 Å². The van der Waals surface area contributed by atoms with Crippen molar-refractivity contribution in [1.29, 1.82) is 0 Å². The Kier molecular flexibility index (Phi) is 51.3. The highest BCUT2D eigenvalue weighted by Gasteiger charge is 2.59. The Morgan fingerprint density at radius 2 is 0.634 bits per heavy atom. The molecular weight excluding hydrogens is 2010 g/mol. The molecule has 2 aliphatic carbocycles. The predicted octanol–water partition coefficient (Wildman–Crippen LogP) is 11.6. The second kappa shape index (κ2) is 49.7. The summed E-state index contributed by atoms with van der Waals surface area (Å²) in [5, 5.41) is 0. The second-order valence-corrected chi connectivity index (χ2v) is 83.3. The van der Waals surface area contributed by atoms with Crippen LogP contribution in [-0.2, 0) is 348 Å². The number of hydrogen-bond donors (Lipinski definition) is 0. The Labute approximate surface area is 637 Å². The first-order valence-electron chi connectivity index (χ1n) is 22.5. The van der Waals surface area contributed by atoms with E-state index in [1.54, 1.807) is 240 Å². The first kappa shape index (κ1) is 95.9. The smallest absolute Gasteiger partial charge is 0.277 e. The third-order valence-corrected chi connectivity index (χ3v) is 86.6. The highest BCUT2D eigenvalue weighted by atomic mass is 33.5. The topological polar surface area (TPSA) is 86.7 Å². The average molecular weight is 2050 g/mol. The van der Waals surface area contributed by atoms with Gasteiger partial charge >= 0.3 is 39.8 Å². The van der Waals surface area contributed by atoms with Crippen LogP contribution in [0, 0.1) is 0 Å². The van der Waals surface area contributed by atoms with E-state index in [4.69, 9.17) is 44.8 Å². The van der Waals surface area contributed by atoms with Crippen LogP contribution in [0.15, 0.2) is 60.7 Å². The summed E-state index contributed by atoms with van der Waals surface area (Å²) in [6.45, 7) is 2.79. The van der Waals surface area contributed by atoms with E-state index in [-0.39, 0.29) is 30.6 Å². The van der Waals surface area contributed by atoms with Crippen molar-refractivity contribution < 1.29 is 86.0 Å². The van der Waals surface area contributed by atoms with Crippen LogP contribution < -0.4 is 0 Å². The summed E-state index contributed by atoms with van der Waals surface area (Å²) in [5.74, 6) is -15.2. The summed E-state index contributed by atoms with van der Waals surface area (Å²) < 4.78 is 233. The molecule has 0 saturated heterocycles. The van der Waals surface area contributed by atoms with E-state index in [1.165, 1.54) is 46.6 Å². The first-order valence-corrected chi connectivity index (χ1v) is 74.7. The van der Waals surface area contributed by atoms with Crippen LogP contribution in [0.1, 0.15) is 72.9 Å². The van der Waals surface area contributed by atoms with E-state index >= 15 is 0 Å². The Morgan fingerprint density at radius 1 is 0.398 bits per heavy atom. The molecule has 59 heteroatoms. The summed E-state index contributed by atoms with van der Waals surface area (Å²) in [7, 11) is 30.8. The van der Waals surface area contributed by atoms with Crippen LogP contribution in [0.2, 0.25) is 25.2 Å². The van der Waals surface area contributed by atoms with Crippen molar-refractivity contribution in [3.8, 4) is 0 Å². The molecule has 0 radical (unpaired) electrons. The zero-order valence-electron chi connectivity index (χ0n) is 45.2. The summed E-state index contributed by atoms with van der Waals surface area (Å²) in [4.78, 5) is 0. The monoisotopic (exact) mass is 2050 g/mol. The quantitative estimate of drug-likeness (QED) is 0.0920. The van der Waals surface area contributed by atoms with Gasteiger partial charge in [0.2, 0.25) is 0 Å². The van der Waals surface area contributed by atoms with Gasteiger partial charge in [-0.05, 0) is 59.8 Å². The number of rotatable bonds is 16. The number of allylic oxidation sites excluding steroid dienone is 2. The Morgan fingerprint density at radius 3 is 0.871 bits per heavy atom. The molecule has 0 spiro atoms. The number of benzene rings is 2. The number of hydrogen-bond acceptors (Lipinski definition) is 10. The summed E-state index contributed by atoms with van der Waals surface area (Å²) in [6, 6.07) is 14.6. The van der Waals surface area contributed by atoms with Gasteiger partial charge in [0, 0.05) is 333 Å². The number of alkyl halides is 14. The van der Waals surface area contributed by atoms with Crippen molar-refractivity contribution in [3.63, 3.8) is 0 Å². The molecular formula is C34H38F14O6S37Si2. The zero-order chi connectivity index (χ0) is 70.5. The molecule has 2 atom stereocenters. The molecule has 93 heavy (non-hydrogen) atoms. The number of halogens is 14. The molecule has 0 amide bonds. The Hall–Kier alpha value is 4.89. The van der Waals surface area contributed by atoms with Gasteiger partial charge in [0.1, 0.15) is 0 Å². The first-order chi connectivity index (χ1) is 43.2. The molecule has 2 unspecified atom stereocenters. The number of fused-ring (bicyclic) bond motifs is 2. The van der Waals surface area contributed by atoms with Gasteiger partial charge in [-0.3, -0.25) is 7.74 Å². The maximum atomic E-state index is 14.5. The van der Waals surface area contributed by atoms with E-state index in [0.717, 1.165) is 11.1 Å². The van der Waals surface area contributed by atoms with Crippen molar-refractivity contribution in [2.75, 3.05) is 0 Å². The fourth-order valence-corrected chi connectivity index (χ4v) is 92.4. The lowest BCUT2D eigenvalue weighted by Gasteiger charge is -2.40. The minimum Gasteiger partial charge on any atom is -0.277 e. The molecule has 2 aliphatic rings. The molecule has 0 fully saturated rings. The van der Waals surface area contributed by atoms with Gasteiger partial charge in [-0.2, -0.15) is 43.2 Å². The highest BCUT2D eigenvalue weighted by Crippen LogP contribution is 2.51. The van der Waals surface area contributed by atoms with Crippen LogP contribution >= 0.6 is 0 Å². The van der Waals surface area contributed by atoms with E-state index in [9.17, 15) is 78.3 Å². The van der Waals surface area contributed by atoms with Crippen LogP contribution in [0.5, 0.6) is 0 Å². The van der Waals surface area contributed by atoms with Crippen molar-refractivity contribution >= 4 is 369 Å². The van der Waals surface area contributed by atoms with Gasteiger partial charge in [0.15, 0.2) is 0 Å². The van der Waals surface area contributed by atoms with Crippen molar-refractivity contribution in [2.45, 2.75) is 111 Å². The normalized spacial score (nSPS) is 14.6. The Bertz CT molecular complexity index is 4510. The lowest BCUT2D eigenvalue weighted by molar-refractivity contribution is -0.104. The molecule has 2 aromatic rings. The highest BCUT2D eigenvalue weighted by molar-refractivity contribution is 8.79. The maximum Gasteiger partial charge on any atom is 0.522 e. The maximum absolute atomic E-state index is 14.5. The molecule has 6 nitrogen and oxygen atoms in total. The third-order valence-electron chi connectivity index (χ3n) is 10.1. The van der Waals surface area contributed by atoms with Gasteiger partial charge in [-0.25, -0.2) is 35.1 Å². The van der Waals surface area contributed by atoms with E-state index in [1.807, 2.05) is 36.4 Å². The average Bonchev–Trinajstić information content (AvgIpc) is 1.66. The predicted molar refractivity (Wildman–Crippen MR) is 449 cm³/mol. The lowest BCUT2D eigenvalue weighted by atomic mass is 10.1. The fraction of sp³-hybridized carbons (Fsp3) is 0.529. The van der Waals surface area contributed by atoms with Crippen LogP contribution in [0.25, 0.3) is 12.2 Å². The van der Waals surface area contributed by atoms with Crippen LogP contribution in [-0.4, -0.2) is 68.2 Å². The van der Waals surface area contributed by atoms with Gasteiger partial charge in [0.05, 0.1) is 20.9 Å². The van der Waals surface area contributed by atoms with E-state index in [2.05, 4.69) is 50.7 Å². The SMILES string of the molecule is CC(F)(F)CC(F)(F)CC[Si](C)(C1C=Cc2ccccc21)C1C=Cc2ccccc21.CC(F)(F)CC(F)(F)CC[Si](C)(OS(=O)(=O)C(F)(F)F)OS(=O)(=O)C(F)(F)F.S=S=S=S=S=S=S=S=S=S=S=S=S=S=S=S=S.S=S=S=S=S=S=S=S=S=S=S=S=S=S=S=S=S=S. The standard InChI is InChI=1S/C25H26F4Si.C9H12F10O6S2Si.S18.S17/c1-24(26,27)17-25(28,29)15-16-30(2,22-13-11-18-7-3-5-9-20(18)22)23-14-12-19-8-4-6-10-21(19)23;1-6(10,11)5-7(12,13)3-4-28(2,24-26(20,21)8(14,15)16)25-27(22,23)9(17,18)19;1-3-5-7-9-11-13-15-17-18-16-14-12-10-8-6-4-2;1-3-5-7-9-11-13-15-17-16-14-12-10-8-6-4-2/h3-14,22-23H,15-17H2,1-2H3;3-5H2,1-2H3;;. The molecule has 0 N–H and O–H groups in total. The minimum absolute atomic E-state index is 0.0136. The zero-order valence-corrected chi connectivity index (χ0v) is 77.4. The summed E-state index contributed by atoms with van der Waals surface area (Å²) in [6.07, 6.45) is 2.41. The molecule has 538 valence electrons. The van der Waals surface area contributed by atoms with Gasteiger partial charge < -0.3 is 0 Å². The van der Waals surface area contributed by atoms with Crippen molar-refractivity contribution in [1.82, 2.24) is 0 Å². The third kappa shape index (κ3) is 43.3. The Balaban J connectivity index is 0.000000640. The van der Waals surface area contributed by atoms with Gasteiger partial charge in [0.25, 0.3) is 23.7 Å². The molecule has 4 rings (SSSR count). The van der Waals surface area contributed by atoms with Crippen LogP contribution in [0.3, 0.4) is 0 Å². The lowest BCUT2D eigenvalue weighted by Crippen LogP contribution is -2.48. The fourth-order valence-electron chi connectivity index (χ4n) is 7.06. The largest absolute Gasteiger partial charge is 0.522 e. The van der Waals surface area contributed by atoms with E-state index < -0.39 is 103 Å². The molecule has 0 aromatic heterocycles. The van der Waals surface area contributed by atoms with Gasteiger partial charge in [-0.1, -0.05) is 85.4 Å². The molecule has 2 aromatic carbocycles. The van der Waals surface area contributed by atoms with E-state index in [0.29, 0.717) is 6.92 Å². The molecule has 0 aliphatic heterocycles. The molecule has 0 saturated carbocycles. The minimum atomic E-state index is -6.76. The van der Waals surface area contributed by atoms with Crippen LogP contribution in [0.4, 0.5) is 61.5 Å². The molecule has 0 heterocycles. The second-order valence-electron chi connectivity index (χ2n) is 16.9. The summed E-state index contributed by atoms with van der Waals surface area (Å²) in [5.41, 5.74) is -7.76. The summed E-state index contributed by atoms with van der Waals surface area (Å²) >= 11 is 19.0. The van der Waals surface area contributed by atoms with Crippen molar-refractivity contribution in [3.05, 3.63) is 82.9 Å².